The zero-order valence-corrected chi connectivity index (χ0v) is 11.1. The van der Waals surface area contributed by atoms with Gasteiger partial charge >= 0.3 is 0 Å². The summed E-state index contributed by atoms with van der Waals surface area (Å²) in [4.78, 5) is 15.5. The van der Waals surface area contributed by atoms with E-state index in [2.05, 4.69) is 15.2 Å². The number of benzene rings is 1. The van der Waals surface area contributed by atoms with Crippen LogP contribution in [0.3, 0.4) is 0 Å². The summed E-state index contributed by atoms with van der Waals surface area (Å²) in [6.45, 7) is 0. The first-order valence-electron chi connectivity index (χ1n) is 6.11. The van der Waals surface area contributed by atoms with Crippen molar-refractivity contribution in [2.45, 2.75) is 0 Å². The maximum absolute atomic E-state index is 11.4. The molecule has 0 radical (unpaired) electrons. The van der Waals surface area contributed by atoms with Gasteiger partial charge in [-0.15, -0.1) is 0 Å². The number of phenols is 1. The quantitative estimate of drug-likeness (QED) is 0.673. The number of phenolic OH excluding ortho intramolecular Hbond substituents is 1. The summed E-state index contributed by atoms with van der Waals surface area (Å²) in [7, 11) is 1.50. The molecule has 0 saturated heterocycles. The van der Waals surface area contributed by atoms with Crippen LogP contribution >= 0.6 is 0 Å². The van der Waals surface area contributed by atoms with E-state index in [1.165, 1.54) is 19.2 Å². The molecule has 3 aromatic rings. The molecule has 3 rings (SSSR count). The molecule has 7 heteroatoms. The van der Waals surface area contributed by atoms with Gasteiger partial charge in [0, 0.05) is 22.6 Å². The Morgan fingerprint density at radius 2 is 2.14 bits per heavy atom. The molecule has 2 aromatic heterocycles. The number of pyridine rings is 1. The molecule has 106 valence electrons. The highest BCUT2D eigenvalue weighted by atomic mass is 16.5. The number of hydrogen-bond donors (Lipinski definition) is 3. The Bertz CT molecular complexity index is 841. The second kappa shape index (κ2) is 4.78. The van der Waals surface area contributed by atoms with Crippen molar-refractivity contribution in [1.29, 1.82) is 0 Å². The fraction of sp³-hybridized carbons (Fsp3) is 0.0714. The van der Waals surface area contributed by atoms with Gasteiger partial charge < -0.3 is 15.6 Å². The number of aromatic amines is 1. The second-order valence-corrected chi connectivity index (χ2v) is 4.44. The minimum atomic E-state index is -0.634. The number of primary amides is 1. The number of aromatic nitrogens is 3. The van der Waals surface area contributed by atoms with Crippen LogP contribution in [0.25, 0.3) is 22.2 Å². The second-order valence-electron chi connectivity index (χ2n) is 4.44. The lowest BCUT2D eigenvalue weighted by Crippen LogP contribution is -2.13. The van der Waals surface area contributed by atoms with E-state index in [4.69, 9.17) is 10.5 Å². The van der Waals surface area contributed by atoms with Crippen LogP contribution in [0, 0.1) is 0 Å². The molecule has 1 aromatic carbocycles. The summed E-state index contributed by atoms with van der Waals surface area (Å²) in [5.74, 6) is -0.0761. The van der Waals surface area contributed by atoms with E-state index in [1.54, 1.807) is 18.3 Å². The number of aromatic hydroxyl groups is 1. The molecule has 0 bridgehead atoms. The normalized spacial score (nSPS) is 10.7. The molecule has 0 aliphatic carbocycles. The first-order chi connectivity index (χ1) is 10.1. The smallest absolute Gasteiger partial charge is 0.267 e. The number of H-pyrrole nitrogens is 1. The van der Waals surface area contributed by atoms with Gasteiger partial charge in [-0.2, -0.15) is 5.10 Å². The summed E-state index contributed by atoms with van der Waals surface area (Å²) < 4.78 is 5.28. The first kappa shape index (κ1) is 12.9. The number of hydrogen-bond acceptors (Lipinski definition) is 5. The summed E-state index contributed by atoms with van der Waals surface area (Å²) >= 11 is 0. The summed E-state index contributed by atoms with van der Waals surface area (Å²) in [5, 5.41) is 16.9. The SMILES string of the molecule is COc1cc(O)ccc1-c1cc(C(N)=O)nc2[nH]ncc12. The predicted molar refractivity (Wildman–Crippen MR) is 76.1 cm³/mol. The van der Waals surface area contributed by atoms with Gasteiger partial charge in [-0.05, 0) is 18.2 Å². The summed E-state index contributed by atoms with van der Waals surface area (Å²) in [6.07, 6.45) is 1.61. The molecular weight excluding hydrogens is 272 g/mol. The van der Waals surface area contributed by atoms with Crippen molar-refractivity contribution < 1.29 is 14.6 Å². The van der Waals surface area contributed by atoms with Crippen LogP contribution in [0.2, 0.25) is 0 Å². The number of nitrogens with two attached hydrogens (primary N) is 1. The lowest BCUT2D eigenvalue weighted by molar-refractivity contribution is 0.0996. The van der Waals surface area contributed by atoms with Crippen LogP contribution < -0.4 is 10.5 Å². The number of nitrogens with one attached hydrogen (secondary N) is 1. The Hall–Kier alpha value is -3.09. The van der Waals surface area contributed by atoms with Crippen molar-refractivity contribution in [3.05, 3.63) is 36.2 Å². The van der Waals surface area contributed by atoms with Gasteiger partial charge in [0.2, 0.25) is 0 Å². The molecule has 0 saturated carbocycles. The first-order valence-corrected chi connectivity index (χ1v) is 6.11. The zero-order chi connectivity index (χ0) is 15.0. The molecule has 0 fully saturated rings. The average molecular weight is 284 g/mol. The van der Waals surface area contributed by atoms with Crippen molar-refractivity contribution in [2.24, 2.45) is 5.73 Å². The molecule has 2 heterocycles. The van der Waals surface area contributed by atoms with Crippen LogP contribution in [-0.4, -0.2) is 33.3 Å². The number of methoxy groups -OCH3 is 1. The Morgan fingerprint density at radius 3 is 2.86 bits per heavy atom. The van der Waals surface area contributed by atoms with Crippen molar-refractivity contribution in [2.75, 3.05) is 7.11 Å². The van der Waals surface area contributed by atoms with Crippen molar-refractivity contribution in [1.82, 2.24) is 15.2 Å². The topological polar surface area (TPSA) is 114 Å². The van der Waals surface area contributed by atoms with Gasteiger partial charge in [-0.1, -0.05) is 0 Å². The minimum absolute atomic E-state index is 0.0863. The van der Waals surface area contributed by atoms with Gasteiger partial charge in [0.05, 0.1) is 13.3 Å². The van der Waals surface area contributed by atoms with Crippen LogP contribution in [0.5, 0.6) is 11.5 Å². The standard InChI is InChI=1S/C14H12N4O3/c1-21-12-4-7(19)2-3-8(12)9-5-11(13(15)20)17-14-10(9)6-16-18-14/h2-6,19H,1H3,(H2,15,20)(H,16,17,18). The molecule has 0 unspecified atom stereocenters. The Labute approximate surface area is 119 Å². The Kier molecular flexibility index (Phi) is 2.94. The van der Waals surface area contributed by atoms with E-state index in [-0.39, 0.29) is 11.4 Å². The molecule has 0 aliphatic rings. The van der Waals surface area contributed by atoms with Crippen molar-refractivity contribution in [3.8, 4) is 22.6 Å². The van der Waals surface area contributed by atoms with Crippen LogP contribution in [0.1, 0.15) is 10.5 Å². The molecular formula is C14H12N4O3. The average Bonchev–Trinajstić information content (AvgIpc) is 2.94. The highest BCUT2D eigenvalue weighted by Gasteiger charge is 2.15. The lowest BCUT2D eigenvalue weighted by atomic mass is 10.0. The molecule has 0 aliphatic heterocycles. The predicted octanol–water partition coefficient (Wildman–Crippen LogP) is 1.44. The van der Waals surface area contributed by atoms with Crippen LogP contribution in [-0.2, 0) is 0 Å². The maximum Gasteiger partial charge on any atom is 0.267 e. The number of ether oxygens (including phenoxy) is 1. The molecule has 7 nitrogen and oxygen atoms in total. The number of nitrogens with zero attached hydrogens (tertiary/aromatic N) is 2. The molecule has 21 heavy (non-hydrogen) atoms. The third-order valence-electron chi connectivity index (χ3n) is 3.15. The fourth-order valence-corrected chi connectivity index (χ4v) is 2.18. The van der Waals surface area contributed by atoms with Crippen LogP contribution in [0.4, 0.5) is 0 Å². The van der Waals surface area contributed by atoms with Crippen LogP contribution in [0.15, 0.2) is 30.5 Å². The fourth-order valence-electron chi connectivity index (χ4n) is 2.18. The van der Waals surface area contributed by atoms with Gasteiger partial charge in [0.1, 0.15) is 17.2 Å². The van der Waals surface area contributed by atoms with Gasteiger partial charge in [-0.25, -0.2) is 4.98 Å². The van der Waals surface area contributed by atoms with E-state index in [0.717, 1.165) is 5.39 Å². The van der Waals surface area contributed by atoms with E-state index in [9.17, 15) is 9.90 Å². The van der Waals surface area contributed by atoms with Crippen molar-refractivity contribution in [3.63, 3.8) is 0 Å². The third-order valence-corrected chi connectivity index (χ3v) is 3.15. The monoisotopic (exact) mass is 284 g/mol. The number of amides is 1. The highest BCUT2D eigenvalue weighted by molar-refractivity contribution is 6.00. The van der Waals surface area contributed by atoms with E-state index in [1.807, 2.05) is 0 Å². The molecule has 1 amide bonds. The Morgan fingerprint density at radius 1 is 1.33 bits per heavy atom. The molecule has 0 atom stereocenters. The minimum Gasteiger partial charge on any atom is -0.508 e. The van der Waals surface area contributed by atoms with E-state index < -0.39 is 5.91 Å². The van der Waals surface area contributed by atoms with Crippen molar-refractivity contribution >= 4 is 16.9 Å². The van der Waals surface area contributed by atoms with Gasteiger partial charge in [0.15, 0.2) is 5.65 Å². The summed E-state index contributed by atoms with van der Waals surface area (Å²) in [6, 6.07) is 6.30. The van der Waals surface area contributed by atoms with Gasteiger partial charge in [-0.3, -0.25) is 9.89 Å². The summed E-state index contributed by atoms with van der Waals surface area (Å²) in [5.41, 5.74) is 7.28. The third kappa shape index (κ3) is 2.14. The largest absolute Gasteiger partial charge is 0.508 e. The number of carbonyl (C=O) groups is 1. The lowest BCUT2D eigenvalue weighted by Gasteiger charge is -2.10. The van der Waals surface area contributed by atoms with E-state index >= 15 is 0 Å². The number of rotatable bonds is 3. The molecule has 4 N–H and O–H groups in total. The Balaban J connectivity index is 2.33. The maximum atomic E-state index is 11.4. The molecule has 0 spiro atoms. The van der Waals surface area contributed by atoms with Gasteiger partial charge in [0.25, 0.3) is 5.91 Å². The zero-order valence-electron chi connectivity index (χ0n) is 11.1. The number of carbonyl (C=O) groups excluding carboxylic acids is 1. The highest BCUT2D eigenvalue weighted by Crippen LogP contribution is 2.36. The van der Waals surface area contributed by atoms with E-state index in [0.29, 0.717) is 22.5 Å². The number of fused-ring (bicyclic) bond motifs is 1.